The second-order valence-corrected chi connectivity index (χ2v) is 3.80. The van der Waals surface area contributed by atoms with Gasteiger partial charge in [0.2, 0.25) is 0 Å². The molecule has 0 aromatic heterocycles. The molecule has 64 valence electrons. The predicted molar refractivity (Wildman–Crippen MR) is 43.1 cm³/mol. The van der Waals surface area contributed by atoms with Gasteiger partial charge in [-0.05, 0) is 18.8 Å². The molecular weight excluding hydrogens is 140 g/mol. The van der Waals surface area contributed by atoms with E-state index in [2.05, 4.69) is 13.8 Å². The van der Waals surface area contributed by atoms with Gasteiger partial charge in [0.25, 0.3) is 0 Å². The van der Waals surface area contributed by atoms with Gasteiger partial charge in [0.05, 0.1) is 6.61 Å². The SMILES string of the molecule is CC(=O)OCC1(C(C)C)CC1. The molecule has 1 fully saturated rings. The van der Waals surface area contributed by atoms with Crippen LogP contribution in [0.3, 0.4) is 0 Å². The Balaban J connectivity index is 2.30. The van der Waals surface area contributed by atoms with Gasteiger partial charge in [-0.25, -0.2) is 0 Å². The molecule has 0 saturated heterocycles. The molecule has 0 aromatic carbocycles. The molecule has 0 radical (unpaired) electrons. The van der Waals surface area contributed by atoms with Gasteiger partial charge in [-0.2, -0.15) is 0 Å². The van der Waals surface area contributed by atoms with Crippen molar-refractivity contribution in [1.82, 2.24) is 0 Å². The standard InChI is InChI=1S/C9H16O2/c1-7(2)9(4-5-9)6-11-8(3)10/h7H,4-6H2,1-3H3. The van der Waals surface area contributed by atoms with Crippen LogP contribution in [-0.2, 0) is 9.53 Å². The summed E-state index contributed by atoms with van der Waals surface area (Å²) in [5, 5.41) is 0. The van der Waals surface area contributed by atoms with Crippen LogP contribution >= 0.6 is 0 Å². The molecule has 1 saturated carbocycles. The minimum absolute atomic E-state index is 0.156. The summed E-state index contributed by atoms with van der Waals surface area (Å²) in [4.78, 5) is 10.5. The maximum Gasteiger partial charge on any atom is 0.302 e. The van der Waals surface area contributed by atoms with Crippen molar-refractivity contribution in [2.45, 2.75) is 33.6 Å². The van der Waals surface area contributed by atoms with Crippen molar-refractivity contribution in [3.63, 3.8) is 0 Å². The summed E-state index contributed by atoms with van der Waals surface area (Å²) in [7, 11) is 0. The van der Waals surface area contributed by atoms with Crippen LogP contribution in [0.2, 0.25) is 0 Å². The number of hydrogen-bond donors (Lipinski definition) is 0. The van der Waals surface area contributed by atoms with E-state index in [1.165, 1.54) is 19.8 Å². The Labute approximate surface area is 67.9 Å². The molecule has 11 heavy (non-hydrogen) atoms. The average Bonchev–Trinajstić information content (AvgIpc) is 2.63. The lowest BCUT2D eigenvalue weighted by atomic mass is 9.94. The summed E-state index contributed by atoms with van der Waals surface area (Å²) in [5.41, 5.74) is 0.339. The zero-order chi connectivity index (χ0) is 8.48. The van der Waals surface area contributed by atoms with Crippen LogP contribution in [0, 0.1) is 11.3 Å². The molecule has 2 nitrogen and oxygen atoms in total. The Morgan fingerprint density at radius 3 is 2.36 bits per heavy atom. The van der Waals surface area contributed by atoms with Crippen LogP contribution in [0.4, 0.5) is 0 Å². The fourth-order valence-corrected chi connectivity index (χ4v) is 1.29. The highest BCUT2D eigenvalue weighted by atomic mass is 16.5. The third-order valence-electron chi connectivity index (χ3n) is 2.68. The van der Waals surface area contributed by atoms with Crippen molar-refractivity contribution < 1.29 is 9.53 Å². The fraction of sp³-hybridized carbons (Fsp3) is 0.889. The monoisotopic (exact) mass is 156 g/mol. The molecule has 1 aliphatic rings. The van der Waals surface area contributed by atoms with Gasteiger partial charge in [-0.1, -0.05) is 13.8 Å². The third-order valence-corrected chi connectivity index (χ3v) is 2.68. The van der Waals surface area contributed by atoms with Gasteiger partial charge >= 0.3 is 5.97 Å². The van der Waals surface area contributed by atoms with Crippen molar-refractivity contribution in [2.75, 3.05) is 6.61 Å². The van der Waals surface area contributed by atoms with E-state index in [1.807, 2.05) is 0 Å². The summed E-state index contributed by atoms with van der Waals surface area (Å²) in [6, 6.07) is 0. The van der Waals surface area contributed by atoms with Gasteiger partial charge in [0.1, 0.15) is 0 Å². The van der Waals surface area contributed by atoms with Gasteiger partial charge in [-0.3, -0.25) is 4.79 Å². The maximum absolute atomic E-state index is 10.5. The van der Waals surface area contributed by atoms with E-state index < -0.39 is 0 Å². The summed E-state index contributed by atoms with van der Waals surface area (Å²) in [6.07, 6.45) is 2.44. The number of rotatable bonds is 3. The lowest BCUT2D eigenvalue weighted by Gasteiger charge is -2.18. The van der Waals surface area contributed by atoms with Crippen molar-refractivity contribution in [2.24, 2.45) is 11.3 Å². The highest BCUT2D eigenvalue weighted by Gasteiger charge is 2.46. The number of carbonyl (C=O) groups excluding carboxylic acids is 1. The molecule has 0 atom stereocenters. The number of carbonyl (C=O) groups is 1. The van der Waals surface area contributed by atoms with Crippen LogP contribution in [0.15, 0.2) is 0 Å². The first-order chi connectivity index (χ1) is 5.07. The zero-order valence-corrected chi connectivity index (χ0v) is 7.52. The van der Waals surface area contributed by atoms with E-state index in [0.29, 0.717) is 17.9 Å². The van der Waals surface area contributed by atoms with Crippen LogP contribution < -0.4 is 0 Å². The second-order valence-electron chi connectivity index (χ2n) is 3.80. The second kappa shape index (κ2) is 2.84. The molecule has 0 amide bonds. The summed E-state index contributed by atoms with van der Waals surface area (Å²) < 4.78 is 4.99. The Kier molecular flexibility index (Phi) is 2.21. The normalized spacial score (nSPS) is 20.0. The summed E-state index contributed by atoms with van der Waals surface area (Å²) >= 11 is 0. The van der Waals surface area contributed by atoms with Crippen molar-refractivity contribution in [1.29, 1.82) is 0 Å². The zero-order valence-electron chi connectivity index (χ0n) is 7.52. The molecule has 1 aliphatic carbocycles. The Hall–Kier alpha value is -0.530. The molecule has 0 N–H and O–H groups in total. The van der Waals surface area contributed by atoms with Crippen LogP contribution in [0.25, 0.3) is 0 Å². The molecule has 2 heteroatoms. The average molecular weight is 156 g/mol. The van der Waals surface area contributed by atoms with Crippen LogP contribution in [-0.4, -0.2) is 12.6 Å². The van der Waals surface area contributed by atoms with Gasteiger partial charge in [-0.15, -0.1) is 0 Å². The summed E-state index contributed by atoms with van der Waals surface area (Å²) in [6.45, 7) is 6.48. The predicted octanol–water partition coefficient (Wildman–Crippen LogP) is 1.99. The molecule has 0 bridgehead atoms. The van der Waals surface area contributed by atoms with Crippen LogP contribution in [0.5, 0.6) is 0 Å². The van der Waals surface area contributed by atoms with Gasteiger partial charge in [0, 0.05) is 12.3 Å². The third kappa shape index (κ3) is 1.95. The maximum atomic E-state index is 10.5. The van der Waals surface area contributed by atoms with E-state index in [4.69, 9.17) is 4.74 Å². The first kappa shape index (κ1) is 8.57. The largest absolute Gasteiger partial charge is 0.465 e. The molecule has 0 aliphatic heterocycles. The molecule has 0 heterocycles. The number of hydrogen-bond acceptors (Lipinski definition) is 2. The van der Waals surface area contributed by atoms with E-state index in [9.17, 15) is 4.79 Å². The van der Waals surface area contributed by atoms with Gasteiger partial charge in [0.15, 0.2) is 0 Å². The molecular formula is C9H16O2. The highest BCUT2D eigenvalue weighted by molar-refractivity contribution is 5.65. The van der Waals surface area contributed by atoms with Crippen molar-refractivity contribution in [3.05, 3.63) is 0 Å². The lowest BCUT2D eigenvalue weighted by Crippen LogP contribution is -2.18. The smallest absolute Gasteiger partial charge is 0.302 e. The minimum atomic E-state index is -0.156. The summed E-state index contributed by atoms with van der Waals surface area (Å²) in [5.74, 6) is 0.485. The van der Waals surface area contributed by atoms with Crippen molar-refractivity contribution in [3.8, 4) is 0 Å². The first-order valence-corrected chi connectivity index (χ1v) is 4.20. The Morgan fingerprint density at radius 1 is 1.55 bits per heavy atom. The fourth-order valence-electron chi connectivity index (χ4n) is 1.29. The van der Waals surface area contributed by atoms with Gasteiger partial charge < -0.3 is 4.74 Å². The van der Waals surface area contributed by atoms with Crippen molar-refractivity contribution >= 4 is 5.97 Å². The van der Waals surface area contributed by atoms with E-state index in [0.717, 1.165) is 0 Å². The van der Waals surface area contributed by atoms with Crippen LogP contribution in [0.1, 0.15) is 33.6 Å². The molecule has 0 spiro atoms. The molecule has 0 unspecified atom stereocenters. The number of ether oxygens (including phenoxy) is 1. The molecule has 0 aromatic rings. The van der Waals surface area contributed by atoms with E-state index in [-0.39, 0.29) is 5.97 Å². The topological polar surface area (TPSA) is 26.3 Å². The lowest BCUT2D eigenvalue weighted by molar-refractivity contribution is -0.143. The minimum Gasteiger partial charge on any atom is -0.465 e. The quantitative estimate of drug-likeness (QED) is 0.584. The molecule has 1 rings (SSSR count). The number of esters is 1. The van der Waals surface area contributed by atoms with E-state index >= 15 is 0 Å². The first-order valence-electron chi connectivity index (χ1n) is 4.20. The van der Waals surface area contributed by atoms with E-state index in [1.54, 1.807) is 0 Å². The Morgan fingerprint density at radius 2 is 2.09 bits per heavy atom. The highest BCUT2D eigenvalue weighted by Crippen LogP contribution is 2.51. The Bertz CT molecular complexity index is 157.